The lowest BCUT2D eigenvalue weighted by molar-refractivity contribution is -0.197. The Bertz CT molecular complexity index is 1540. The van der Waals surface area contributed by atoms with E-state index in [2.05, 4.69) is 0 Å². The monoisotopic (exact) mass is 680 g/mol. The second kappa shape index (κ2) is 11.9. The predicted molar refractivity (Wildman–Crippen MR) is 164 cm³/mol. The first-order chi connectivity index (χ1) is 21.7. The van der Waals surface area contributed by atoms with Gasteiger partial charge in [0.1, 0.15) is 0 Å². The maximum absolute atomic E-state index is 15.6. The highest BCUT2D eigenvalue weighted by Gasteiger charge is 2.67. The molecule has 4 saturated carbocycles. The van der Waals surface area contributed by atoms with Gasteiger partial charge in [-0.2, -0.15) is 26.0 Å². The van der Waals surface area contributed by atoms with E-state index < -0.39 is 68.0 Å². The minimum atomic E-state index is -6.29. The molecule has 0 heterocycles. The number of alkyl halides is 4. The summed E-state index contributed by atoms with van der Waals surface area (Å²) in [5, 5.41) is 5.28. The molecule has 0 radical (unpaired) electrons. The Kier molecular flexibility index (Phi) is 8.57. The van der Waals surface area contributed by atoms with E-state index in [4.69, 9.17) is 8.37 Å². The number of benzene rings is 3. The van der Waals surface area contributed by atoms with Crippen LogP contribution in [-0.4, -0.2) is 42.9 Å². The molecular formula is C34H36F4O6S2. The Morgan fingerprint density at radius 1 is 0.783 bits per heavy atom. The molecule has 4 bridgehead atoms. The number of hydrogen-bond acceptors (Lipinski definition) is 6. The first-order valence-electron chi connectivity index (χ1n) is 15.3. The summed E-state index contributed by atoms with van der Waals surface area (Å²) in [6, 6.07) is 23.5. The molecule has 0 aliphatic heterocycles. The minimum absolute atomic E-state index is 0.184. The molecule has 12 heteroatoms. The Morgan fingerprint density at radius 3 is 1.67 bits per heavy atom. The van der Waals surface area contributed by atoms with Crippen LogP contribution in [0.3, 0.4) is 0 Å². The van der Waals surface area contributed by atoms with Crippen LogP contribution in [0.5, 0.6) is 0 Å². The van der Waals surface area contributed by atoms with Gasteiger partial charge in [0.2, 0.25) is 0 Å². The van der Waals surface area contributed by atoms with E-state index in [-0.39, 0.29) is 32.9 Å². The number of carbonyl (C=O) groups is 1. The van der Waals surface area contributed by atoms with Gasteiger partial charge in [-0.05, 0) is 103 Å². The zero-order valence-corrected chi connectivity index (χ0v) is 26.6. The van der Waals surface area contributed by atoms with Crippen molar-refractivity contribution in [1.82, 2.24) is 0 Å². The number of hydrogen-bond donors (Lipinski definition) is 1. The topological polar surface area (TPSA) is 89.9 Å². The van der Waals surface area contributed by atoms with Gasteiger partial charge in [0, 0.05) is 21.1 Å². The summed E-state index contributed by atoms with van der Waals surface area (Å²) < 4.78 is 99.4. The van der Waals surface area contributed by atoms with Crippen molar-refractivity contribution in [2.45, 2.75) is 82.8 Å². The van der Waals surface area contributed by atoms with Gasteiger partial charge in [0.05, 0.1) is 17.6 Å². The molecular weight excluding hydrogens is 644 g/mol. The van der Waals surface area contributed by atoms with Crippen molar-refractivity contribution in [1.29, 1.82) is 0 Å². The van der Waals surface area contributed by atoms with Crippen LogP contribution in [0, 0.1) is 17.3 Å². The van der Waals surface area contributed by atoms with Crippen LogP contribution in [0.25, 0.3) is 0 Å². The number of carbonyl (C=O) groups excluding carboxylic acids is 1. The Hall–Kier alpha value is -2.93. The Balaban J connectivity index is 1.21. The van der Waals surface area contributed by atoms with Crippen LogP contribution in [-0.2, 0) is 23.3 Å². The van der Waals surface area contributed by atoms with E-state index in [9.17, 15) is 18.3 Å². The van der Waals surface area contributed by atoms with Gasteiger partial charge in [0.25, 0.3) is 0 Å². The largest absolute Gasteiger partial charge is 0.465 e. The van der Waals surface area contributed by atoms with Crippen molar-refractivity contribution in [3.63, 3.8) is 0 Å². The van der Waals surface area contributed by atoms with Crippen LogP contribution < -0.4 is 0 Å². The third-order valence-corrected chi connectivity index (χ3v) is 14.8. The fourth-order valence-corrected chi connectivity index (χ4v) is 13.2. The molecule has 4 fully saturated rings. The fourth-order valence-electron chi connectivity index (χ4n) is 7.93. The summed E-state index contributed by atoms with van der Waals surface area (Å²) in [5.74, 6) is -5.30. The van der Waals surface area contributed by atoms with Gasteiger partial charge in [-0.15, -0.1) is 0 Å². The lowest BCUT2D eigenvalue weighted by Crippen LogP contribution is -2.58. The number of aliphatic hydroxyl groups is 1. The SMILES string of the molecule is O=C(OCCCC(F)(F)C(F)(F)S(=O)(=O)OS(c1ccccc1)(c1ccccc1)c1ccccc1)C12CC3CC(CC(O)(C3)C1)C2. The lowest BCUT2D eigenvalue weighted by Gasteiger charge is -2.58. The normalized spacial score (nSPS) is 26.5. The van der Waals surface area contributed by atoms with Crippen molar-refractivity contribution >= 4 is 26.4 Å². The zero-order valence-electron chi connectivity index (χ0n) is 25.0. The molecule has 2 atom stereocenters. The second-order valence-electron chi connectivity index (χ2n) is 12.9. The van der Waals surface area contributed by atoms with Crippen molar-refractivity contribution < 1.29 is 44.2 Å². The number of rotatable bonds is 12. The van der Waals surface area contributed by atoms with Crippen LogP contribution >= 0.6 is 10.3 Å². The first kappa shape index (κ1) is 33.0. The lowest BCUT2D eigenvalue weighted by atomic mass is 9.48. The van der Waals surface area contributed by atoms with Gasteiger partial charge in [-0.1, -0.05) is 54.6 Å². The van der Waals surface area contributed by atoms with E-state index in [0.29, 0.717) is 25.7 Å². The molecule has 7 rings (SSSR count). The summed E-state index contributed by atoms with van der Waals surface area (Å²) >= 11 is 0. The molecule has 3 aromatic carbocycles. The maximum atomic E-state index is 15.6. The summed E-state index contributed by atoms with van der Waals surface area (Å²) in [6.45, 7) is -0.589. The van der Waals surface area contributed by atoms with E-state index >= 15 is 17.6 Å². The van der Waals surface area contributed by atoms with Crippen LogP contribution in [0.2, 0.25) is 0 Å². The molecule has 0 saturated heterocycles. The zero-order chi connectivity index (χ0) is 32.8. The third-order valence-electron chi connectivity index (χ3n) is 9.49. The molecule has 4 aliphatic carbocycles. The second-order valence-corrected chi connectivity index (χ2v) is 17.4. The molecule has 248 valence electrons. The molecule has 0 spiro atoms. The quantitative estimate of drug-likeness (QED) is 0.118. The number of esters is 1. The highest BCUT2D eigenvalue weighted by atomic mass is 32.3. The fraction of sp³-hybridized carbons (Fsp3) is 0.441. The first-order valence-corrected chi connectivity index (χ1v) is 18.3. The van der Waals surface area contributed by atoms with Gasteiger partial charge in [0.15, 0.2) is 0 Å². The van der Waals surface area contributed by atoms with Crippen LogP contribution in [0.15, 0.2) is 106 Å². The standard InChI is InChI=1S/C34H36F4O6S2/c35-33(36,17-10-18-43-30(39)31-20-25-19-26(21-31)23-32(40,22-25)24-31)34(37,38)46(41,42)44-45(27-11-4-1-5-12-27,28-13-6-2-7-14-28)29-15-8-3-9-16-29/h1-9,11-16,25-26,40H,10,17-24H2. The predicted octanol–water partition coefficient (Wildman–Crippen LogP) is 8.11. The smallest absolute Gasteiger partial charge is 0.432 e. The highest BCUT2D eigenvalue weighted by molar-refractivity contribution is 8.33. The van der Waals surface area contributed by atoms with Crippen LogP contribution in [0.4, 0.5) is 17.6 Å². The average Bonchev–Trinajstić information content (AvgIpc) is 3.02. The molecule has 0 amide bonds. The maximum Gasteiger partial charge on any atom is 0.432 e. The van der Waals surface area contributed by atoms with Crippen LogP contribution in [0.1, 0.15) is 51.4 Å². The third kappa shape index (κ3) is 5.75. The summed E-state index contributed by atoms with van der Waals surface area (Å²) in [6.07, 6.45) is 1.23. The number of ether oxygens (including phenoxy) is 1. The van der Waals surface area contributed by atoms with Crippen molar-refractivity contribution in [2.24, 2.45) is 17.3 Å². The number of halogens is 4. The summed E-state index contributed by atoms with van der Waals surface area (Å²) in [7, 11) is -9.78. The molecule has 6 nitrogen and oxygen atoms in total. The van der Waals surface area contributed by atoms with Crippen molar-refractivity contribution in [3.05, 3.63) is 91.0 Å². The van der Waals surface area contributed by atoms with E-state index in [0.717, 1.165) is 6.42 Å². The van der Waals surface area contributed by atoms with E-state index in [1.54, 1.807) is 54.6 Å². The van der Waals surface area contributed by atoms with E-state index in [1.807, 2.05) is 0 Å². The van der Waals surface area contributed by atoms with Crippen molar-refractivity contribution in [3.8, 4) is 0 Å². The summed E-state index contributed by atoms with van der Waals surface area (Å²) in [5.41, 5.74) is -1.84. The Labute approximate surface area is 267 Å². The van der Waals surface area contributed by atoms with Crippen molar-refractivity contribution in [2.75, 3.05) is 6.61 Å². The minimum Gasteiger partial charge on any atom is -0.465 e. The van der Waals surface area contributed by atoms with E-state index in [1.165, 1.54) is 36.4 Å². The molecule has 3 aromatic rings. The molecule has 0 aromatic heterocycles. The van der Waals surface area contributed by atoms with Gasteiger partial charge < -0.3 is 9.84 Å². The Morgan fingerprint density at radius 2 is 1.24 bits per heavy atom. The molecule has 1 N–H and O–H groups in total. The van der Waals surface area contributed by atoms with Gasteiger partial charge in [-0.3, -0.25) is 4.79 Å². The van der Waals surface area contributed by atoms with Gasteiger partial charge in [-0.25, -0.2) is 3.63 Å². The molecule has 4 aliphatic rings. The average molecular weight is 681 g/mol. The summed E-state index contributed by atoms with van der Waals surface area (Å²) in [4.78, 5) is 13.8. The molecule has 2 unspecified atom stereocenters. The van der Waals surface area contributed by atoms with Gasteiger partial charge >= 0.3 is 27.3 Å². The highest BCUT2D eigenvalue weighted by Crippen LogP contribution is 2.71. The molecule has 46 heavy (non-hydrogen) atoms.